The normalized spacial score (nSPS) is 37.1. The van der Waals surface area contributed by atoms with Crippen LogP contribution >= 0.6 is 0 Å². The third-order valence-electron chi connectivity index (χ3n) is 2.83. The Morgan fingerprint density at radius 1 is 1.18 bits per heavy atom. The van der Waals surface area contributed by atoms with E-state index < -0.39 is 5.92 Å². The molecule has 0 amide bonds. The summed E-state index contributed by atoms with van der Waals surface area (Å²) in [4.78, 5) is 0. The van der Waals surface area contributed by atoms with Crippen LogP contribution in [0.2, 0.25) is 0 Å². The molecular formula is C8H13F2N. The predicted molar refractivity (Wildman–Crippen MR) is 38.6 cm³/mol. The maximum Gasteiger partial charge on any atom is 0.251 e. The van der Waals surface area contributed by atoms with E-state index in [2.05, 4.69) is 5.32 Å². The first-order valence-electron chi connectivity index (χ1n) is 4.29. The zero-order valence-corrected chi connectivity index (χ0v) is 6.45. The third-order valence-corrected chi connectivity index (χ3v) is 2.83. The Morgan fingerprint density at radius 3 is 2.18 bits per heavy atom. The molecule has 1 unspecified atom stereocenters. The minimum absolute atomic E-state index is 0.150. The second-order valence-corrected chi connectivity index (χ2v) is 3.66. The Morgan fingerprint density at radius 2 is 1.73 bits per heavy atom. The van der Waals surface area contributed by atoms with Gasteiger partial charge in [-0.15, -0.1) is 0 Å². The second-order valence-electron chi connectivity index (χ2n) is 3.66. The van der Waals surface area contributed by atoms with Gasteiger partial charge in [0.1, 0.15) is 0 Å². The first-order valence-corrected chi connectivity index (χ1v) is 4.29. The van der Waals surface area contributed by atoms with Gasteiger partial charge in [-0.25, -0.2) is 8.78 Å². The van der Waals surface area contributed by atoms with Crippen LogP contribution in [0.3, 0.4) is 0 Å². The van der Waals surface area contributed by atoms with Crippen molar-refractivity contribution in [2.45, 2.75) is 25.2 Å². The molecule has 3 heteroatoms. The number of hydrogen-bond donors (Lipinski definition) is 1. The lowest BCUT2D eigenvalue weighted by Crippen LogP contribution is -2.29. The van der Waals surface area contributed by atoms with Gasteiger partial charge >= 0.3 is 0 Å². The zero-order valence-electron chi connectivity index (χ0n) is 6.45. The molecule has 1 saturated heterocycles. The largest absolute Gasteiger partial charge is 0.317 e. The Hall–Kier alpha value is -0.180. The average Bonchev–Trinajstić information content (AvgIpc) is 2.62. The van der Waals surface area contributed by atoms with Crippen LogP contribution < -0.4 is 5.32 Å². The zero-order chi connectivity index (χ0) is 7.90. The fourth-order valence-electron chi connectivity index (χ4n) is 1.99. The van der Waals surface area contributed by atoms with E-state index in [-0.39, 0.29) is 12.3 Å². The molecule has 0 bridgehead atoms. The van der Waals surface area contributed by atoms with E-state index in [9.17, 15) is 8.78 Å². The lowest BCUT2D eigenvalue weighted by Gasteiger charge is -2.21. The minimum atomic E-state index is -2.30. The SMILES string of the molecule is FC1(F)CC1C1CCNCC1. The van der Waals surface area contributed by atoms with Gasteiger partial charge in [0, 0.05) is 12.3 Å². The molecule has 11 heavy (non-hydrogen) atoms. The number of halogens is 2. The van der Waals surface area contributed by atoms with Gasteiger partial charge in [-0.2, -0.15) is 0 Å². The van der Waals surface area contributed by atoms with Crippen LogP contribution in [0.4, 0.5) is 8.78 Å². The van der Waals surface area contributed by atoms with Gasteiger partial charge in [0.25, 0.3) is 5.92 Å². The van der Waals surface area contributed by atoms with Crippen molar-refractivity contribution in [3.63, 3.8) is 0 Å². The van der Waals surface area contributed by atoms with Crippen molar-refractivity contribution < 1.29 is 8.78 Å². The first kappa shape index (κ1) is 7.47. The molecule has 1 atom stereocenters. The van der Waals surface area contributed by atoms with Gasteiger partial charge in [-0.05, 0) is 31.8 Å². The van der Waals surface area contributed by atoms with Gasteiger partial charge in [0.05, 0.1) is 0 Å². The van der Waals surface area contributed by atoms with Crippen molar-refractivity contribution in [1.29, 1.82) is 0 Å². The number of piperidine rings is 1. The fourth-order valence-corrected chi connectivity index (χ4v) is 1.99. The van der Waals surface area contributed by atoms with Crippen molar-refractivity contribution in [3.8, 4) is 0 Å². The van der Waals surface area contributed by atoms with Crippen molar-refractivity contribution in [2.75, 3.05) is 13.1 Å². The lowest BCUT2D eigenvalue weighted by molar-refractivity contribution is 0.0794. The molecule has 0 spiro atoms. The van der Waals surface area contributed by atoms with Gasteiger partial charge in [-0.3, -0.25) is 0 Å². The summed E-state index contributed by atoms with van der Waals surface area (Å²) in [5, 5.41) is 3.18. The Kier molecular flexibility index (Phi) is 1.63. The summed E-state index contributed by atoms with van der Waals surface area (Å²) >= 11 is 0. The van der Waals surface area contributed by atoms with E-state index in [1.165, 1.54) is 0 Å². The van der Waals surface area contributed by atoms with Crippen molar-refractivity contribution in [1.82, 2.24) is 5.32 Å². The summed E-state index contributed by atoms with van der Waals surface area (Å²) in [7, 11) is 0. The average molecular weight is 161 g/mol. The van der Waals surface area contributed by atoms with Crippen LogP contribution in [-0.2, 0) is 0 Å². The van der Waals surface area contributed by atoms with Gasteiger partial charge in [0.2, 0.25) is 0 Å². The molecule has 1 heterocycles. The van der Waals surface area contributed by atoms with Crippen molar-refractivity contribution in [2.24, 2.45) is 11.8 Å². The van der Waals surface area contributed by atoms with E-state index in [0.717, 1.165) is 25.9 Å². The van der Waals surface area contributed by atoms with Crippen LogP contribution in [0, 0.1) is 11.8 Å². The molecule has 1 N–H and O–H groups in total. The standard InChI is InChI=1S/C8H13F2N/c9-8(10)5-7(8)6-1-3-11-4-2-6/h6-7,11H,1-5H2. The molecule has 1 saturated carbocycles. The molecule has 1 nitrogen and oxygen atoms in total. The minimum Gasteiger partial charge on any atom is -0.317 e. The number of hydrogen-bond acceptors (Lipinski definition) is 1. The fraction of sp³-hybridized carbons (Fsp3) is 1.00. The highest BCUT2D eigenvalue weighted by atomic mass is 19.3. The quantitative estimate of drug-likeness (QED) is 0.616. The molecular weight excluding hydrogens is 148 g/mol. The van der Waals surface area contributed by atoms with E-state index in [0.29, 0.717) is 5.92 Å². The summed E-state index contributed by atoms with van der Waals surface area (Å²) in [6.07, 6.45) is 2.04. The third kappa shape index (κ3) is 1.39. The number of alkyl halides is 2. The summed E-state index contributed by atoms with van der Waals surface area (Å²) in [5.74, 6) is -2.28. The Labute approximate surface area is 65.2 Å². The highest BCUT2D eigenvalue weighted by Crippen LogP contribution is 2.54. The molecule has 0 aromatic heterocycles. The predicted octanol–water partition coefficient (Wildman–Crippen LogP) is 1.64. The van der Waals surface area contributed by atoms with Gasteiger partial charge in [0.15, 0.2) is 0 Å². The molecule has 0 radical (unpaired) electrons. The molecule has 2 fully saturated rings. The van der Waals surface area contributed by atoms with E-state index >= 15 is 0 Å². The molecule has 2 aliphatic rings. The summed E-state index contributed by atoms with van der Waals surface area (Å²) in [6.45, 7) is 1.86. The maximum atomic E-state index is 12.6. The molecule has 1 aliphatic heterocycles. The lowest BCUT2D eigenvalue weighted by atomic mass is 9.93. The highest BCUT2D eigenvalue weighted by molar-refractivity contribution is 4.99. The molecule has 1 aliphatic carbocycles. The Bertz CT molecular complexity index is 152. The van der Waals surface area contributed by atoms with Crippen LogP contribution in [0.15, 0.2) is 0 Å². The first-order chi connectivity index (χ1) is 5.20. The highest BCUT2D eigenvalue weighted by Gasteiger charge is 2.59. The van der Waals surface area contributed by atoms with Gasteiger partial charge in [-0.1, -0.05) is 0 Å². The molecule has 2 rings (SSSR count). The molecule has 0 aromatic rings. The maximum absolute atomic E-state index is 12.6. The molecule has 0 aromatic carbocycles. The van der Waals surface area contributed by atoms with Crippen LogP contribution in [-0.4, -0.2) is 19.0 Å². The van der Waals surface area contributed by atoms with Crippen LogP contribution in [0.1, 0.15) is 19.3 Å². The molecule has 64 valence electrons. The van der Waals surface area contributed by atoms with E-state index in [4.69, 9.17) is 0 Å². The smallest absolute Gasteiger partial charge is 0.251 e. The van der Waals surface area contributed by atoms with E-state index in [1.54, 1.807) is 0 Å². The van der Waals surface area contributed by atoms with Crippen molar-refractivity contribution in [3.05, 3.63) is 0 Å². The van der Waals surface area contributed by atoms with Crippen LogP contribution in [0.5, 0.6) is 0 Å². The summed E-state index contributed by atoms with van der Waals surface area (Å²) in [5.41, 5.74) is 0. The van der Waals surface area contributed by atoms with Crippen molar-refractivity contribution >= 4 is 0 Å². The number of rotatable bonds is 1. The van der Waals surface area contributed by atoms with E-state index in [1.807, 2.05) is 0 Å². The summed E-state index contributed by atoms with van der Waals surface area (Å²) < 4.78 is 25.1. The second kappa shape index (κ2) is 2.41. The number of nitrogens with one attached hydrogen (secondary N) is 1. The van der Waals surface area contributed by atoms with Gasteiger partial charge < -0.3 is 5.32 Å². The Balaban J connectivity index is 1.86. The summed E-state index contributed by atoms with van der Waals surface area (Å²) in [6, 6.07) is 0. The monoisotopic (exact) mass is 161 g/mol. The van der Waals surface area contributed by atoms with Crippen LogP contribution in [0.25, 0.3) is 0 Å². The topological polar surface area (TPSA) is 12.0 Å².